The molecular weight excluding hydrogens is 148 g/mol. The van der Waals surface area contributed by atoms with Gasteiger partial charge < -0.3 is 5.73 Å². The fourth-order valence-corrected chi connectivity index (χ4v) is 2.59. The largest absolute Gasteiger partial charge is 0.318 e. The van der Waals surface area contributed by atoms with Gasteiger partial charge in [-0.2, -0.15) is 0 Å². The molecule has 0 amide bonds. The van der Waals surface area contributed by atoms with E-state index in [1.165, 1.54) is 25.7 Å². The Bertz CT molecular complexity index is 150. The molecule has 1 fully saturated rings. The molecule has 0 aromatic carbocycles. The molecule has 0 bridgehead atoms. The van der Waals surface area contributed by atoms with Crippen molar-refractivity contribution in [2.45, 2.75) is 52.0 Å². The Morgan fingerprint density at radius 2 is 1.92 bits per heavy atom. The van der Waals surface area contributed by atoms with Gasteiger partial charge in [0.1, 0.15) is 0 Å². The Morgan fingerprint density at radius 1 is 1.25 bits per heavy atom. The van der Waals surface area contributed by atoms with E-state index >= 15 is 0 Å². The van der Waals surface area contributed by atoms with Crippen molar-refractivity contribution >= 4 is 0 Å². The summed E-state index contributed by atoms with van der Waals surface area (Å²) < 4.78 is 0. The van der Waals surface area contributed by atoms with Gasteiger partial charge >= 0.3 is 0 Å². The zero-order chi connectivity index (χ0) is 9.24. The van der Waals surface area contributed by atoms with E-state index in [4.69, 9.17) is 5.73 Å². The summed E-state index contributed by atoms with van der Waals surface area (Å²) in [5.41, 5.74) is 6.31. The molecule has 1 aliphatic rings. The maximum Gasteiger partial charge on any atom is 0.0433 e. The summed E-state index contributed by atoms with van der Waals surface area (Å²) in [6.45, 7) is 7.60. The molecule has 0 heterocycles. The van der Waals surface area contributed by atoms with E-state index in [2.05, 4.69) is 26.1 Å². The fraction of sp³-hybridized carbons (Fsp3) is 1.00. The van der Waals surface area contributed by atoms with Crippen LogP contribution in [0.2, 0.25) is 0 Å². The van der Waals surface area contributed by atoms with Gasteiger partial charge in [0.25, 0.3) is 0 Å². The van der Waals surface area contributed by atoms with Crippen LogP contribution < -0.4 is 11.1 Å². The van der Waals surface area contributed by atoms with Crippen molar-refractivity contribution in [3.63, 3.8) is 0 Å². The van der Waals surface area contributed by atoms with Gasteiger partial charge in [-0.15, -0.1) is 0 Å². The van der Waals surface area contributed by atoms with Gasteiger partial charge in [0.05, 0.1) is 0 Å². The summed E-state index contributed by atoms with van der Waals surface area (Å²) in [6, 6.07) is 0. The van der Waals surface area contributed by atoms with E-state index in [1.807, 2.05) is 0 Å². The van der Waals surface area contributed by atoms with Gasteiger partial charge in [0.2, 0.25) is 0 Å². The van der Waals surface area contributed by atoms with Crippen LogP contribution in [0.15, 0.2) is 0 Å². The SMILES string of the molecule is CC1(C)CCCC(C)(NCN)C1. The van der Waals surface area contributed by atoms with Crippen molar-refractivity contribution in [2.75, 3.05) is 6.67 Å². The van der Waals surface area contributed by atoms with Gasteiger partial charge in [0.15, 0.2) is 0 Å². The maximum atomic E-state index is 5.52. The number of nitrogens with one attached hydrogen (secondary N) is 1. The molecule has 0 spiro atoms. The van der Waals surface area contributed by atoms with Crippen molar-refractivity contribution in [1.29, 1.82) is 0 Å². The first-order chi connectivity index (χ1) is 5.47. The lowest BCUT2D eigenvalue weighted by Gasteiger charge is -2.43. The zero-order valence-electron chi connectivity index (χ0n) is 8.61. The van der Waals surface area contributed by atoms with Crippen molar-refractivity contribution in [3.8, 4) is 0 Å². The van der Waals surface area contributed by atoms with Crippen LogP contribution in [-0.2, 0) is 0 Å². The summed E-state index contributed by atoms with van der Waals surface area (Å²) in [5.74, 6) is 0. The number of hydrogen-bond acceptors (Lipinski definition) is 2. The minimum atomic E-state index is 0.288. The second-order valence-electron chi connectivity index (χ2n) is 5.14. The highest BCUT2D eigenvalue weighted by Crippen LogP contribution is 2.40. The normalized spacial score (nSPS) is 35.0. The molecule has 3 N–H and O–H groups in total. The smallest absolute Gasteiger partial charge is 0.0433 e. The zero-order valence-corrected chi connectivity index (χ0v) is 8.61. The van der Waals surface area contributed by atoms with Gasteiger partial charge in [-0.05, 0) is 31.6 Å². The second kappa shape index (κ2) is 3.35. The van der Waals surface area contributed by atoms with E-state index in [0.29, 0.717) is 12.1 Å². The number of hydrogen-bond donors (Lipinski definition) is 2. The van der Waals surface area contributed by atoms with Crippen LogP contribution in [0.25, 0.3) is 0 Å². The molecule has 1 unspecified atom stereocenters. The third-order valence-corrected chi connectivity index (χ3v) is 2.98. The standard InChI is InChI=1S/C10H22N2/c1-9(2)5-4-6-10(3,7-9)12-8-11/h12H,4-8,11H2,1-3H3. The summed E-state index contributed by atoms with van der Waals surface area (Å²) >= 11 is 0. The highest BCUT2D eigenvalue weighted by atomic mass is 15.0. The molecule has 0 aromatic rings. The van der Waals surface area contributed by atoms with Crippen LogP contribution in [0, 0.1) is 5.41 Å². The van der Waals surface area contributed by atoms with Crippen LogP contribution in [0.5, 0.6) is 0 Å². The average molecular weight is 170 g/mol. The third-order valence-electron chi connectivity index (χ3n) is 2.98. The first kappa shape index (κ1) is 10.0. The Balaban J connectivity index is 2.55. The molecular formula is C10H22N2. The summed E-state index contributed by atoms with van der Waals surface area (Å²) in [7, 11) is 0. The molecule has 0 saturated heterocycles. The molecule has 0 radical (unpaired) electrons. The molecule has 0 aliphatic heterocycles. The topological polar surface area (TPSA) is 38.0 Å². The number of nitrogens with two attached hydrogens (primary N) is 1. The van der Waals surface area contributed by atoms with Crippen LogP contribution >= 0.6 is 0 Å². The van der Waals surface area contributed by atoms with Crippen LogP contribution in [0.3, 0.4) is 0 Å². The third kappa shape index (κ3) is 2.46. The van der Waals surface area contributed by atoms with E-state index in [0.717, 1.165) is 0 Å². The second-order valence-corrected chi connectivity index (χ2v) is 5.14. The Morgan fingerprint density at radius 3 is 2.42 bits per heavy atom. The van der Waals surface area contributed by atoms with Crippen molar-refractivity contribution < 1.29 is 0 Å². The monoisotopic (exact) mass is 170 g/mol. The lowest BCUT2D eigenvalue weighted by Crippen LogP contribution is -2.50. The van der Waals surface area contributed by atoms with Crippen LogP contribution in [-0.4, -0.2) is 12.2 Å². The van der Waals surface area contributed by atoms with Crippen LogP contribution in [0.4, 0.5) is 0 Å². The molecule has 1 atom stereocenters. The lowest BCUT2D eigenvalue weighted by molar-refractivity contribution is 0.134. The Labute approximate surface area is 75.9 Å². The van der Waals surface area contributed by atoms with Crippen molar-refractivity contribution in [3.05, 3.63) is 0 Å². The molecule has 1 aliphatic carbocycles. The molecule has 72 valence electrons. The summed E-state index contributed by atoms with van der Waals surface area (Å²) in [4.78, 5) is 0. The van der Waals surface area contributed by atoms with Gasteiger partial charge in [-0.3, -0.25) is 5.32 Å². The summed E-state index contributed by atoms with van der Waals surface area (Å²) in [6.07, 6.45) is 5.20. The van der Waals surface area contributed by atoms with Crippen molar-refractivity contribution in [1.82, 2.24) is 5.32 Å². The molecule has 2 nitrogen and oxygen atoms in total. The molecule has 1 saturated carbocycles. The highest BCUT2D eigenvalue weighted by molar-refractivity contribution is 4.92. The predicted octanol–water partition coefficient (Wildman–Crippen LogP) is 1.85. The van der Waals surface area contributed by atoms with Crippen LogP contribution in [0.1, 0.15) is 46.5 Å². The average Bonchev–Trinajstić information content (AvgIpc) is 1.83. The van der Waals surface area contributed by atoms with E-state index < -0.39 is 0 Å². The number of rotatable bonds is 2. The first-order valence-electron chi connectivity index (χ1n) is 4.93. The Hall–Kier alpha value is -0.0800. The quantitative estimate of drug-likeness (QED) is 0.621. The van der Waals surface area contributed by atoms with Gasteiger partial charge in [0, 0.05) is 12.2 Å². The first-order valence-corrected chi connectivity index (χ1v) is 4.93. The maximum absolute atomic E-state index is 5.52. The summed E-state index contributed by atoms with van der Waals surface area (Å²) in [5, 5.41) is 3.39. The highest BCUT2D eigenvalue weighted by Gasteiger charge is 2.35. The van der Waals surface area contributed by atoms with E-state index in [-0.39, 0.29) is 5.54 Å². The minimum Gasteiger partial charge on any atom is -0.318 e. The van der Waals surface area contributed by atoms with E-state index in [1.54, 1.807) is 0 Å². The molecule has 2 heteroatoms. The molecule has 0 aromatic heterocycles. The van der Waals surface area contributed by atoms with E-state index in [9.17, 15) is 0 Å². The fourth-order valence-electron chi connectivity index (χ4n) is 2.59. The molecule has 1 rings (SSSR count). The lowest BCUT2D eigenvalue weighted by atomic mass is 9.69. The molecule has 12 heavy (non-hydrogen) atoms. The predicted molar refractivity (Wildman–Crippen MR) is 52.8 cm³/mol. The van der Waals surface area contributed by atoms with Gasteiger partial charge in [-0.1, -0.05) is 20.3 Å². The van der Waals surface area contributed by atoms with Gasteiger partial charge in [-0.25, -0.2) is 0 Å². The van der Waals surface area contributed by atoms with Crippen molar-refractivity contribution in [2.24, 2.45) is 11.1 Å². The Kier molecular flexibility index (Phi) is 2.79. The minimum absolute atomic E-state index is 0.288.